The van der Waals surface area contributed by atoms with Crippen LogP contribution in [0.1, 0.15) is 24.3 Å². The maximum Gasteiger partial charge on any atom is 0.131 e. The minimum atomic E-state index is -0.0381. The Hall–Kier alpha value is -0.390. The van der Waals surface area contributed by atoms with Gasteiger partial charge >= 0.3 is 0 Å². The molecule has 12 heavy (non-hydrogen) atoms. The maximum atomic E-state index is 5.69. The lowest BCUT2D eigenvalue weighted by Crippen LogP contribution is -1.76. The van der Waals surface area contributed by atoms with Crippen LogP contribution in [0.5, 0.6) is 0 Å². The second-order valence-corrected chi connectivity index (χ2v) is 5.59. The van der Waals surface area contributed by atoms with Crippen molar-refractivity contribution in [3.63, 3.8) is 0 Å². The normalized spacial score (nSPS) is 33.3. The van der Waals surface area contributed by atoms with Crippen molar-refractivity contribution in [3.8, 4) is 0 Å². The first kappa shape index (κ1) is 7.06. The summed E-state index contributed by atoms with van der Waals surface area (Å²) < 4.78 is 5.69. The summed E-state index contributed by atoms with van der Waals surface area (Å²) in [6, 6.07) is 10.6. The highest BCUT2D eigenvalue weighted by molar-refractivity contribution is 7.59. The molecule has 62 valence electrons. The Morgan fingerprint density at radius 2 is 1.92 bits per heavy atom. The molecule has 1 heterocycles. The van der Waals surface area contributed by atoms with Gasteiger partial charge in [0, 0.05) is 5.66 Å². The molecule has 0 radical (unpaired) electrons. The van der Waals surface area contributed by atoms with Gasteiger partial charge in [-0.1, -0.05) is 30.3 Å². The van der Waals surface area contributed by atoms with E-state index >= 15 is 0 Å². The number of hydrogen-bond acceptors (Lipinski definition) is 1. The molecular formula is C10H11OP. The summed E-state index contributed by atoms with van der Waals surface area (Å²) in [5, 5.41) is 0. The minimum Gasteiger partial charge on any atom is -0.341 e. The smallest absolute Gasteiger partial charge is 0.131 e. The molecule has 2 fully saturated rings. The zero-order chi connectivity index (χ0) is 7.97. The van der Waals surface area contributed by atoms with Crippen molar-refractivity contribution in [1.29, 1.82) is 0 Å². The first-order valence-electron chi connectivity index (χ1n) is 4.45. The monoisotopic (exact) mass is 178 g/mol. The van der Waals surface area contributed by atoms with Gasteiger partial charge in [0.1, 0.15) is 5.85 Å². The van der Waals surface area contributed by atoms with E-state index in [-0.39, 0.29) is 8.15 Å². The van der Waals surface area contributed by atoms with Crippen molar-refractivity contribution < 1.29 is 4.52 Å². The molecule has 1 aromatic carbocycles. The average molecular weight is 178 g/mol. The molecule has 2 unspecified atom stereocenters. The molecule has 0 spiro atoms. The second-order valence-electron chi connectivity index (χ2n) is 3.46. The lowest BCUT2D eigenvalue weighted by Gasteiger charge is -1.92. The fourth-order valence-electron chi connectivity index (χ4n) is 1.52. The van der Waals surface area contributed by atoms with Crippen molar-refractivity contribution in [2.24, 2.45) is 0 Å². The SMILES string of the molecule is c1ccc(C2OP2C2CC2)cc1. The maximum absolute atomic E-state index is 5.69. The van der Waals surface area contributed by atoms with Gasteiger partial charge in [0.05, 0.1) is 8.15 Å². The molecule has 0 bridgehead atoms. The molecule has 0 amide bonds. The fourth-order valence-corrected chi connectivity index (χ4v) is 3.66. The third-order valence-electron chi connectivity index (χ3n) is 2.40. The van der Waals surface area contributed by atoms with Crippen LogP contribution < -0.4 is 0 Å². The molecule has 2 atom stereocenters. The topological polar surface area (TPSA) is 12.5 Å². The van der Waals surface area contributed by atoms with E-state index in [1.165, 1.54) is 18.4 Å². The van der Waals surface area contributed by atoms with E-state index in [4.69, 9.17) is 4.52 Å². The van der Waals surface area contributed by atoms with Crippen LogP contribution in [0.3, 0.4) is 0 Å². The number of rotatable bonds is 2. The minimum absolute atomic E-state index is 0.0381. The second kappa shape index (κ2) is 2.55. The van der Waals surface area contributed by atoms with Crippen molar-refractivity contribution in [3.05, 3.63) is 35.9 Å². The molecule has 1 saturated carbocycles. The number of benzene rings is 1. The predicted octanol–water partition coefficient (Wildman–Crippen LogP) is 3.27. The summed E-state index contributed by atoms with van der Waals surface area (Å²) in [5.74, 6) is 0.494. The van der Waals surface area contributed by atoms with Crippen molar-refractivity contribution in [2.75, 3.05) is 0 Å². The summed E-state index contributed by atoms with van der Waals surface area (Å²) in [5.41, 5.74) is 2.33. The molecule has 3 rings (SSSR count). The first-order chi connectivity index (χ1) is 5.95. The molecule has 1 aliphatic carbocycles. The molecule has 0 N–H and O–H groups in total. The molecule has 1 nitrogen and oxygen atoms in total. The summed E-state index contributed by atoms with van der Waals surface area (Å²) in [7, 11) is -0.0381. The first-order valence-corrected chi connectivity index (χ1v) is 5.85. The van der Waals surface area contributed by atoms with E-state index in [1.807, 2.05) is 0 Å². The standard InChI is InChI=1S/C10H11OP/c1-2-4-8(5-3-1)10-11-12(10)9-6-7-9/h1-5,9-10H,6-7H2. The molecule has 1 saturated heterocycles. The van der Waals surface area contributed by atoms with Crippen LogP contribution in [0.25, 0.3) is 0 Å². The van der Waals surface area contributed by atoms with Gasteiger partial charge < -0.3 is 4.52 Å². The largest absolute Gasteiger partial charge is 0.341 e. The van der Waals surface area contributed by atoms with Gasteiger partial charge in [-0.15, -0.1) is 0 Å². The summed E-state index contributed by atoms with van der Waals surface area (Å²) in [6.07, 6.45) is 2.82. The Kier molecular flexibility index (Phi) is 1.50. The van der Waals surface area contributed by atoms with Crippen LogP contribution >= 0.6 is 8.15 Å². The Morgan fingerprint density at radius 1 is 1.17 bits per heavy atom. The zero-order valence-electron chi connectivity index (χ0n) is 6.81. The van der Waals surface area contributed by atoms with E-state index in [2.05, 4.69) is 30.3 Å². The Morgan fingerprint density at radius 3 is 2.58 bits per heavy atom. The molecule has 2 heteroatoms. The summed E-state index contributed by atoms with van der Waals surface area (Å²) in [6.45, 7) is 0. The van der Waals surface area contributed by atoms with Crippen LogP contribution in [-0.2, 0) is 4.52 Å². The van der Waals surface area contributed by atoms with Crippen LogP contribution in [0, 0.1) is 0 Å². The molecule has 1 aliphatic heterocycles. The Labute approximate surface area is 73.6 Å². The quantitative estimate of drug-likeness (QED) is 0.500. The van der Waals surface area contributed by atoms with E-state index < -0.39 is 0 Å². The van der Waals surface area contributed by atoms with Gasteiger partial charge in [-0.3, -0.25) is 0 Å². The van der Waals surface area contributed by atoms with E-state index in [9.17, 15) is 0 Å². The molecule has 0 aromatic heterocycles. The van der Waals surface area contributed by atoms with Crippen LogP contribution in [0.15, 0.2) is 30.3 Å². The van der Waals surface area contributed by atoms with Gasteiger partial charge in [0.15, 0.2) is 0 Å². The third-order valence-corrected chi connectivity index (χ3v) is 4.75. The summed E-state index contributed by atoms with van der Waals surface area (Å²) >= 11 is 0. The highest BCUT2D eigenvalue weighted by Gasteiger charge is 2.50. The molecular weight excluding hydrogens is 167 g/mol. The zero-order valence-corrected chi connectivity index (χ0v) is 7.71. The average Bonchev–Trinajstić information content (AvgIpc) is 2.99. The van der Waals surface area contributed by atoms with Crippen LogP contribution in [0.4, 0.5) is 0 Å². The van der Waals surface area contributed by atoms with Crippen LogP contribution in [-0.4, -0.2) is 5.66 Å². The van der Waals surface area contributed by atoms with Gasteiger partial charge in [-0.05, 0) is 18.4 Å². The van der Waals surface area contributed by atoms with Crippen molar-refractivity contribution in [2.45, 2.75) is 24.3 Å². The Balaban J connectivity index is 1.76. The van der Waals surface area contributed by atoms with Crippen molar-refractivity contribution >= 4 is 8.15 Å². The predicted molar refractivity (Wildman–Crippen MR) is 50.2 cm³/mol. The van der Waals surface area contributed by atoms with Crippen molar-refractivity contribution in [1.82, 2.24) is 0 Å². The van der Waals surface area contributed by atoms with E-state index in [0.29, 0.717) is 5.85 Å². The van der Waals surface area contributed by atoms with Gasteiger partial charge in [0.25, 0.3) is 0 Å². The highest BCUT2D eigenvalue weighted by Crippen LogP contribution is 2.78. The lowest BCUT2D eigenvalue weighted by atomic mass is 10.2. The fraction of sp³-hybridized carbons (Fsp3) is 0.400. The Bertz CT molecular complexity index is 281. The van der Waals surface area contributed by atoms with E-state index in [0.717, 1.165) is 5.66 Å². The highest BCUT2D eigenvalue weighted by atomic mass is 31.2. The van der Waals surface area contributed by atoms with Crippen LogP contribution in [0.2, 0.25) is 0 Å². The third kappa shape index (κ3) is 1.18. The number of hydrogen-bond donors (Lipinski definition) is 0. The van der Waals surface area contributed by atoms with E-state index in [1.54, 1.807) is 0 Å². The molecule has 2 aliphatic rings. The van der Waals surface area contributed by atoms with Gasteiger partial charge in [-0.25, -0.2) is 0 Å². The van der Waals surface area contributed by atoms with Gasteiger partial charge in [0.2, 0.25) is 0 Å². The lowest BCUT2D eigenvalue weighted by molar-refractivity contribution is 0.470. The summed E-state index contributed by atoms with van der Waals surface area (Å²) in [4.78, 5) is 0. The van der Waals surface area contributed by atoms with Gasteiger partial charge in [-0.2, -0.15) is 0 Å². The molecule has 1 aromatic rings.